The molecule has 2 aromatic carbocycles. The van der Waals surface area contributed by atoms with Crippen molar-refractivity contribution in [3.8, 4) is 5.75 Å². The zero-order valence-electron chi connectivity index (χ0n) is 14.9. The summed E-state index contributed by atoms with van der Waals surface area (Å²) in [6.07, 6.45) is -0.892. The summed E-state index contributed by atoms with van der Waals surface area (Å²) in [5.41, 5.74) is 1.03. The van der Waals surface area contributed by atoms with E-state index < -0.39 is 23.0 Å². The number of ether oxygens (including phenoxy) is 2. The topological polar surface area (TPSA) is 76.0 Å². The molecule has 3 atom stereocenters. The van der Waals surface area contributed by atoms with E-state index in [1.807, 2.05) is 42.5 Å². The summed E-state index contributed by atoms with van der Waals surface area (Å²) in [7, 11) is 0.354. The molecule has 0 aliphatic heterocycles. The normalized spacial score (nSPS) is 14.6. The third kappa shape index (κ3) is 7.25. The highest BCUT2D eigenvalue weighted by Crippen LogP contribution is 2.13. The van der Waals surface area contributed by atoms with Crippen LogP contribution in [0, 0.1) is 0 Å². The average molecular weight is 378 g/mol. The van der Waals surface area contributed by atoms with Gasteiger partial charge in [-0.25, -0.2) is 0 Å². The minimum Gasteiger partial charge on any atom is -0.497 e. The first kappa shape index (κ1) is 20.6. The van der Waals surface area contributed by atoms with Crippen molar-refractivity contribution >= 4 is 10.8 Å². The van der Waals surface area contributed by atoms with Gasteiger partial charge in [0.05, 0.1) is 42.5 Å². The predicted molar refractivity (Wildman–Crippen MR) is 102 cm³/mol. The summed E-state index contributed by atoms with van der Waals surface area (Å²) in [5.74, 6) is 0.916. The molecule has 2 rings (SSSR count). The molecule has 0 heterocycles. The van der Waals surface area contributed by atoms with E-state index in [2.05, 4.69) is 0 Å². The minimum absolute atomic E-state index is 0.119. The first-order chi connectivity index (χ1) is 12.6. The smallest absolute Gasteiger partial charge is 0.118 e. The molecule has 0 saturated heterocycles. The quantitative estimate of drug-likeness (QED) is 0.588. The highest BCUT2D eigenvalue weighted by molar-refractivity contribution is 7.85. The van der Waals surface area contributed by atoms with E-state index in [1.165, 1.54) is 0 Å². The third-order valence-corrected chi connectivity index (χ3v) is 5.40. The molecule has 0 aliphatic carbocycles. The van der Waals surface area contributed by atoms with Crippen molar-refractivity contribution in [2.75, 3.05) is 19.5 Å². The van der Waals surface area contributed by atoms with Crippen LogP contribution in [0.1, 0.15) is 18.4 Å². The SMILES string of the molecule is COc1ccc(COCC[C@@H](O)C[C@@H](O)CS(=O)c2ccccc2)cc1. The van der Waals surface area contributed by atoms with Gasteiger partial charge in [0, 0.05) is 17.9 Å². The van der Waals surface area contributed by atoms with Crippen molar-refractivity contribution in [1.29, 1.82) is 0 Å². The molecule has 1 unspecified atom stereocenters. The zero-order valence-corrected chi connectivity index (χ0v) is 15.7. The van der Waals surface area contributed by atoms with Gasteiger partial charge in [-0.2, -0.15) is 0 Å². The van der Waals surface area contributed by atoms with E-state index in [0.29, 0.717) is 24.5 Å². The van der Waals surface area contributed by atoms with Crippen LogP contribution in [0.3, 0.4) is 0 Å². The molecule has 6 heteroatoms. The van der Waals surface area contributed by atoms with Crippen LogP contribution in [0.15, 0.2) is 59.5 Å². The number of rotatable bonds is 11. The molecule has 0 saturated carbocycles. The Hall–Kier alpha value is -1.73. The maximum atomic E-state index is 12.1. The maximum Gasteiger partial charge on any atom is 0.118 e. The monoisotopic (exact) mass is 378 g/mol. The third-order valence-electron chi connectivity index (χ3n) is 3.92. The highest BCUT2D eigenvalue weighted by atomic mass is 32.2. The number of hydrogen-bond donors (Lipinski definition) is 2. The molecule has 142 valence electrons. The lowest BCUT2D eigenvalue weighted by Gasteiger charge is -2.15. The lowest BCUT2D eigenvalue weighted by Crippen LogP contribution is -2.24. The standard InChI is InChI=1S/C20H26O5S/c1-24-19-9-7-16(8-10-19)14-25-12-11-17(21)13-18(22)15-26(23)20-5-3-2-4-6-20/h2-10,17-18,21-22H,11-15H2,1H3/t17-,18-,26?/m1/s1. The van der Waals surface area contributed by atoms with Gasteiger partial charge >= 0.3 is 0 Å². The van der Waals surface area contributed by atoms with Gasteiger partial charge in [0.15, 0.2) is 0 Å². The molecule has 0 fully saturated rings. The van der Waals surface area contributed by atoms with Crippen molar-refractivity contribution in [2.24, 2.45) is 0 Å². The van der Waals surface area contributed by atoms with Gasteiger partial charge in [-0.05, 0) is 36.2 Å². The summed E-state index contributed by atoms with van der Waals surface area (Å²) >= 11 is 0. The molecule has 26 heavy (non-hydrogen) atoms. The van der Waals surface area contributed by atoms with Crippen LogP contribution in [-0.2, 0) is 22.1 Å². The van der Waals surface area contributed by atoms with Crippen molar-refractivity contribution in [2.45, 2.75) is 36.6 Å². The van der Waals surface area contributed by atoms with E-state index in [1.54, 1.807) is 19.2 Å². The van der Waals surface area contributed by atoms with Gasteiger partial charge in [0.25, 0.3) is 0 Å². The molecule has 0 bridgehead atoms. The van der Waals surface area contributed by atoms with Gasteiger partial charge in [-0.15, -0.1) is 0 Å². The Balaban J connectivity index is 1.63. The second-order valence-corrected chi connectivity index (χ2v) is 7.55. The Bertz CT molecular complexity index is 660. The number of benzene rings is 2. The maximum absolute atomic E-state index is 12.1. The van der Waals surface area contributed by atoms with Gasteiger partial charge in [-0.3, -0.25) is 4.21 Å². The fourth-order valence-electron chi connectivity index (χ4n) is 2.47. The minimum atomic E-state index is -1.27. The van der Waals surface area contributed by atoms with Gasteiger partial charge < -0.3 is 19.7 Å². The molecule has 0 aliphatic rings. The van der Waals surface area contributed by atoms with E-state index in [-0.39, 0.29) is 12.2 Å². The number of methoxy groups -OCH3 is 1. The first-order valence-electron chi connectivity index (χ1n) is 8.58. The van der Waals surface area contributed by atoms with Gasteiger partial charge in [0.1, 0.15) is 5.75 Å². The van der Waals surface area contributed by atoms with E-state index >= 15 is 0 Å². The Morgan fingerprint density at radius 3 is 2.35 bits per heavy atom. The fourth-order valence-corrected chi connectivity index (χ4v) is 3.61. The van der Waals surface area contributed by atoms with Crippen molar-refractivity contribution in [3.05, 3.63) is 60.2 Å². The van der Waals surface area contributed by atoms with Crippen LogP contribution < -0.4 is 4.74 Å². The molecule has 2 N–H and O–H groups in total. The molecular weight excluding hydrogens is 352 g/mol. The van der Waals surface area contributed by atoms with E-state index in [0.717, 1.165) is 11.3 Å². The van der Waals surface area contributed by atoms with Crippen LogP contribution in [0.2, 0.25) is 0 Å². The molecule has 0 spiro atoms. The summed E-state index contributed by atoms with van der Waals surface area (Å²) < 4.78 is 22.8. The number of aliphatic hydroxyl groups is 2. The molecule has 0 radical (unpaired) electrons. The van der Waals surface area contributed by atoms with Crippen molar-refractivity contribution < 1.29 is 23.9 Å². The summed E-state index contributed by atoms with van der Waals surface area (Å²) in [6, 6.07) is 16.6. The summed E-state index contributed by atoms with van der Waals surface area (Å²) in [4.78, 5) is 0.684. The molecule has 0 amide bonds. The Morgan fingerprint density at radius 2 is 1.69 bits per heavy atom. The Kier molecular flexibility index (Phi) is 8.77. The lowest BCUT2D eigenvalue weighted by atomic mass is 10.1. The average Bonchev–Trinajstić information content (AvgIpc) is 2.66. The van der Waals surface area contributed by atoms with Crippen LogP contribution in [0.5, 0.6) is 5.75 Å². The number of aliphatic hydroxyl groups excluding tert-OH is 2. The molecule has 0 aromatic heterocycles. The number of hydrogen-bond acceptors (Lipinski definition) is 5. The molecule has 5 nitrogen and oxygen atoms in total. The Labute approximate surface area is 157 Å². The molecular formula is C20H26O5S. The van der Waals surface area contributed by atoms with Gasteiger partial charge in [0.2, 0.25) is 0 Å². The summed E-state index contributed by atoms with van der Waals surface area (Å²) in [6.45, 7) is 0.846. The fraction of sp³-hybridized carbons (Fsp3) is 0.400. The van der Waals surface area contributed by atoms with Crippen LogP contribution in [-0.4, -0.2) is 46.1 Å². The highest BCUT2D eigenvalue weighted by Gasteiger charge is 2.16. The lowest BCUT2D eigenvalue weighted by molar-refractivity contribution is 0.0470. The van der Waals surface area contributed by atoms with E-state index in [9.17, 15) is 14.4 Å². The largest absolute Gasteiger partial charge is 0.497 e. The van der Waals surface area contributed by atoms with Crippen molar-refractivity contribution in [1.82, 2.24) is 0 Å². The molecule has 2 aromatic rings. The Morgan fingerprint density at radius 1 is 1.00 bits per heavy atom. The van der Waals surface area contributed by atoms with E-state index in [4.69, 9.17) is 9.47 Å². The first-order valence-corrected chi connectivity index (χ1v) is 9.90. The van der Waals surface area contributed by atoms with Crippen LogP contribution in [0.4, 0.5) is 0 Å². The second-order valence-electron chi connectivity index (χ2n) is 6.06. The predicted octanol–water partition coefficient (Wildman–Crippen LogP) is 2.52. The second kappa shape index (κ2) is 11.1. The van der Waals surface area contributed by atoms with Crippen molar-refractivity contribution in [3.63, 3.8) is 0 Å². The van der Waals surface area contributed by atoms with Gasteiger partial charge in [-0.1, -0.05) is 30.3 Å². The van der Waals surface area contributed by atoms with Crippen LogP contribution in [0.25, 0.3) is 0 Å². The zero-order chi connectivity index (χ0) is 18.8. The van der Waals surface area contributed by atoms with Crippen LogP contribution >= 0.6 is 0 Å². The summed E-state index contributed by atoms with van der Waals surface area (Å²) in [5, 5.41) is 20.0.